The Bertz CT molecular complexity index is 1350. The highest BCUT2D eigenvalue weighted by Crippen LogP contribution is 2.34. The van der Waals surface area contributed by atoms with Gasteiger partial charge in [0.15, 0.2) is 5.82 Å². The van der Waals surface area contributed by atoms with Crippen LogP contribution in [0.25, 0.3) is 10.9 Å². The Labute approximate surface area is 206 Å². The number of H-pyrrole nitrogens is 1. The van der Waals surface area contributed by atoms with Crippen molar-refractivity contribution in [3.8, 4) is 0 Å². The Balaban J connectivity index is 1.66. The van der Waals surface area contributed by atoms with Crippen molar-refractivity contribution < 1.29 is 0 Å². The number of nitrogens with one attached hydrogen (secondary N) is 1. The molecule has 1 N–H and O–H groups in total. The van der Waals surface area contributed by atoms with E-state index in [9.17, 15) is 4.79 Å². The standard InChI is InChI=1S/C28H34N6O/c1-4-33(18-21-11-7-5-8-12-21)26(27-30-31-32-34(27)23-13-9-6-10-14-23)24-17-22-16-15-19(2)20(3)25(22)29-28(24)35/h5,7-8,11-12,15-17,23,26H,4,6,9-10,13-14,18H2,1-3H3,(H,29,35). The molecule has 1 unspecified atom stereocenters. The van der Waals surface area contributed by atoms with Crippen LogP contribution in [0.1, 0.15) is 79.2 Å². The van der Waals surface area contributed by atoms with E-state index in [1.165, 1.54) is 24.8 Å². The molecule has 1 aliphatic rings. The van der Waals surface area contributed by atoms with Crippen molar-refractivity contribution in [3.63, 3.8) is 0 Å². The molecule has 1 atom stereocenters. The van der Waals surface area contributed by atoms with Gasteiger partial charge in [0.1, 0.15) is 6.04 Å². The van der Waals surface area contributed by atoms with E-state index in [1.807, 2.05) is 16.8 Å². The normalized spacial score (nSPS) is 15.7. The number of pyridine rings is 1. The second-order valence-electron chi connectivity index (χ2n) is 9.75. The molecule has 4 aromatic rings. The number of aromatic amines is 1. The Morgan fingerprint density at radius 2 is 1.86 bits per heavy atom. The molecule has 0 saturated heterocycles. The van der Waals surface area contributed by atoms with Crippen molar-refractivity contribution in [2.24, 2.45) is 0 Å². The number of benzene rings is 2. The quantitative estimate of drug-likeness (QED) is 0.399. The summed E-state index contributed by atoms with van der Waals surface area (Å²) in [7, 11) is 0. The second kappa shape index (κ2) is 10.1. The molecule has 7 heteroatoms. The first-order valence-electron chi connectivity index (χ1n) is 12.8. The molecule has 0 radical (unpaired) electrons. The highest BCUT2D eigenvalue weighted by molar-refractivity contribution is 5.83. The van der Waals surface area contributed by atoms with Gasteiger partial charge in [0.05, 0.1) is 11.6 Å². The predicted molar refractivity (Wildman–Crippen MR) is 138 cm³/mol. The topological polar surface area (TPSA) is 79.7 Å². The van der Waals surface area contributed by atoms with Crippen LogP contribution in [0.15, 0.2) is 53.3 Å². The number of hydrogen-bond acceptors (Lipinski definition) is 5. The minimum Gasteiger partial charge on any atom is -0.321 e. The molecule has 182 valence electrons. The fourth-order valence-corrected chi connectivity index (χ4v) is 5.41. The van der Waals surface area contributed by atoms with Crippen LogP contribution in [-0.4, -0.2) is 36.6 Å². The molecule has 35 heavy (non-hydrogen) atoms. The van der Waals surface area contributed by atoms with Gasteiger partial charge in [-0.25, -0.2) is 4.68 Å². The maximum atomic E-state index is 13.6. The van der Waals surface area contributed by atoms with Gasteiger partial charge < -0.3 is 4.98 Å². The third kappa shape index (κ3) is 4.65. The molecule has 0 spiro atoms. The van der Waals surface area contributed by atoms with Crippen LogP contribution in [0.5, 0.6) is 0 Å². The molecule has 1 fully saturated rings. The van der Waals surface area contributed by atoms with Gasteiger partial charge in [-0.15, -0.1) is 5.10 Å². The number of tetrazole rings is 1. The molecule has 0 amide bonds. The summed E-state index contributed by atoms with van der Waals surface area (Å²) in [6.45, 7) is 7.71. The Hall–Kier alpha value is -3.32. The molecule has 2 heterocycles. The molecule has 0 aliphatic heterocycles. The number of fused-ring (bicyclic) bond motifs is 1. The average Bonchev–Trinajstić information content (AvgIpc) is 3.37. The lowest BCUT2D eigenvalue weighted by molar-refractivity contribution is 0.204. The van der Waals surface area contributed by atoms with Gasteiger partial charge in [-0.05, 0) is 71.8 Å². The maximum Gasteiger partial charge on any atom is 0.253 e. The molecular weight excluding hydrogens is 436 g/mol. The van der Waals surface area contributed by atoms with E-state index >= 15 is 0 Å². The summed E-state index contributed by atoms with van der Waals surface area (Å²) in [5.74, 6) is 0.753. The van der Waals surface area contributed by atoms with Gasteiger partial charge in [0.2, 0.25) is 0 Å². The summed E-state index contributed by atoms with van der Waals surface area (Å²) >= 11 is 0. The summed E-state index contributed by atoms with van der Waals surface area (Å²) in [4.78, 5) is 19.1. The van der Waals surface area contributed by atoms with Crippen LogP contribution in [0.3, 0.4) is 0 Å². The van der Waals surface area contributed by atoms with Crippen LogP contribution in [-0.2, 0) is 6.54 Å². The van der Waals surface area contributed by atoms with Gasteiger partial charge in [-0.3, -0.25) is 9.69 Å². The smallest absolute Gasteiger partial charge is 0.253 e. The van der Waals surface area contributed by atoms with Gasteiger partial charge in [0, 0.05) is 12.1 Å². The predicted octanol–water partition coefficient (Wildman–Crippen LogP) is 5.25. The first-order valence-corrected chi connectivity index (χ1v) is 12.8. The van der Waals surface area contributed by atoms with Crippen molar-refractivity contribution in [1.82, 2.24) is 30.1 Å². The molecule has 2 aromatic carbocycles. The van der Waals surface area contributed by atoms with E-state index in [0.717, 1.165) is 47.2 Å². The summed E-state index contributed by atoms with van der Waals surface area (Å²) < 4.78 is 2.00. The first-order chi connectivity index (χ1) is 17.1. The summed E-state index contributed by atoms with van der Waals surface area (Å²) in [6, 6.07) is 16.5. The van der Waals surface area contributed by atoms with Gasteiger partial charge in [0.25, 0.3) is 5.56 Å². The zero-order valence-electron chi connectivity index (χ0n) is 20.9. The van der Waals surface area contributed by atoms with Crippen LogP contribution in [0.2, 0.25) is 0 Å². The average molecular weight is 471 g/mol. The number of hydrogen-bond donors (Lipinski definition) is 1. The molecule has 5 rings (SSSR count). The SMILES string of the molecule is CCN(Cc1ccccc1)C(c1cc2ccc(C)c(C)c2[nH]c1=O)c1nnnn1C1CCCCC1. The Morgan fingerprint density at radius 1 is 1.09 bits per heavy atom. The lowest BCUT2D eigenvalue weighted by atomic mass is 9.95. The van der Waals surface area contributed by atoms with E-state index in [4.69, 9.17) is 0 Å². The monoisotopic (exact) mass is 470 g/mol. The van der Waals surface area contributed by atoms with E-state index < -0.39 is 0 Å². The number of nitrogens with zero attached hydrogens (tertiary/aromatic N) is 5. The van der Waals surface area contributed by atoms with Gasteiger partial charge in [-0.2, -0.15) is 0 Å². The van der Waals surface area contributed by atoms with Gasteiger partial charge in [-0.1, -0.05) is 68.7 Å². The summed E-state index contributed by atoms with van der Waals surface area (Å²) in [6.07, 6.45) is 5.77. The van der Waals surface area contributed by atoms with Crippen LogP contribution < -0.4 is 5.56 Å². The fourth-order valence-electron chi connectivity index (χ4n) is 5.41. The van der Waals surface area contributed by atoms with Crippen molar-refractivity contribution in [3.05, 3.63) is 87.0 Å². The van der Waals surface area contributed by atoms with E-state index in [0.29, 0.717) is 12.1 Å². The summed E-state index contributed by atoms with van der Waals surface area (Å²) in [5.41, 5.74) is 4.96. The molecular formula is C28H34N6O. The minimum absolute atomic E-state index is 0.0825. The third-order valence-electron chi connectivity index (χ3n) is 7.56. The molecule has 0 bridgehead atoms. The molecule has 1 aliphatic carbocycles. The van der Waals surface area contributed by atoms with Crippen LogP contribution in [0, 0.1) is 13.8 Å². The lowest BCUT2D eigenvalue weighted by Crippen LogP contribution is -2.35. The van der Waals surface area contributed by atoms with Crippen LogP contribution >= 0.6 is 0 Å². The zero-order chi connectivity index (χ0) is 24.4. The highest BCUT2D eigenvalue weighted by atomic mass is 16.1. The van der Waals surface area contributed by atoms with Crippen LogP contribution in [0.4, 0.5) is 0 Å². The Kier molecular flexibility index (Phi) is 6.77. The van der Waals surface area contributed by atoms with Crippen molar-refractivity contribution in [2.75, 3.05) is 6.54 Å². The molecule has 2 aromatic heterocycles. The maximum absolute atomic E-state index is 13.6. The lowest BCUT2D eigenvalue weighted by Gasteiger charge is -2.32. The largest absolute Gasteiger partial charge is 0.321 e. The minimum atomic E-state index is -0.355. The highest BCUT2D eigenvalue weighted by Gasteiger charge is 2.32. The van der Waals surface area contributed by atoms with E-state index in [-0.39, 0.29) is 17.6 Å². The first kappa shape index (κ1) is 23.4. The zero-order valence-corrected chi connectivity index (χ0v) is 20.9. The number of rotatable bonds is 7. The molecule has 7 nitrogen and oxygen atoms in total. The fraction of sp³-hybridized carbons (Fsp3) is 0.429. The molecule has 1 saturated carbocycles. The Morgan fingerprint density at radius 3 is 2.60 bits per heavy atom. The number of aromatic nitrogens is 5. The summed E-state index contributed by atoms with van der Waals surface area (Å²) in [5, 5.41) is 14.1. The van der Waals surface area contributed by atoms with Gasteiger partial charge >= 0.3 is 0 Å². The van der Waals surface area contributed by atoms with E-state index in [1.54, 1.807) is 0 Å². The van der Waals surface area contributed by atoms with E-state index in [2.05, 4.69) is 82.6 Å². The third-order valence-corrected chi connectivity index (χ3v) is 7.56. The number of aryl methyl sites for hydroxylation is 2. The van der Waals surface area contributed by atoms with Crippen molar-refractivity contribution in [2.45, 2.75) is 71.5 Å². The second-order valence-corrected chi connectivity index (χ2v) is 9.75. The van der Waals surface area contributed by atoms with Crippen molar-refractivity contribution in [1.29, 1.82) is 0 Å². The van der Waals surface area contributed by atoms with Crippen molar-refractivity contribution >= 4 is 10.9 Å².